The number of aryl methyl sites for hydroxylation is 1. The predicted molar refractivity (Wildman–Crippen MR) is 74.4 cm³/mol. The van der Waals surface area contributed by atoms with Gasteiger partial charge in [0.15, 0.2) is 0 Å². The van der Waals surface area contributed by atoms with E-state index < -0.39 is 10.1 Å². The maximum atomic E-state index is 11.2. The molecule has 0 atom stereocenters. The summed E-state index contributed by atoms with van der Waals surface area (Å²) in [5.41, 5.74) is 2.04. The van der Waals surface area contributed by atoms with Gasteiger partial charge in [-0.05, 0) is 42.5 Å². The van der Waals surface area contributed by atoms with Gasteiger partial charge < -0.3 is 10.4 Å². The summed E-state index contributed by atoms with van der Waals surface area (Å²) in [4.78, 5) is -0.202. The lowest BCUT2D eigenvalue weighted by molar-refractivity contribution is 0.476. The number of rotatable bonds is 2. The number of hydrogen-bond donors (Lipinski definition) is 3. The van der Waals surface area contributed by atoms with Gasteiger partial charge in [-0.2, -0.15) is 8.42 Å². The molecule has 0 aliphatic carbocycles. The molecule has 2 aromatic rings. The van der Waals surface area contributed by atoms with E-state index in [0.29, 0.717) is 16.5 Å². The summed E-state index contributed by atoms with van der Waals surface area (Å²) in [6.45, 7) is 3.62. The van der Waals surface area contributed by atoms with Gasteiger partial charge in [-0.1, -0.05) is 6.07 Å². The molecule has 0 saturated carbocycles. The SMILES string of the molecule is CNc1cc(S(=O)(=O)O)cc2cc(C)c(C)c(O)c12. The van der Waals surface area contributed by atoms with E-state index in [1.165, 1.54) is 12.1 Å². The van der Waals surface area contributed by atoms with Crippen LogP contribution in [0.1, 0.15) is 11.1 Å². The molecule has 5 nitrogen and oxygen atoms in total. The van der Waals surface area contributed by atoms with Crippen LogP contribution >= 0.6 is 0 Å². The molecule has 0 unspecified atom stereocenters. The van der Waals surface area contributed by atoms with Crippen molar-refractivity contribution in [1.29, 1.82) is 0 Å². The Labute approximate surface area is 111 Å². The highest BCUT2D eigenvalue weighted by molar-refractivity contribution is 7.85. The van der Waals surface area contributed by atoms with Gasteiger partial charge in [0.25, 0.3) is 10.1 Å². The molecule has 6 heteroatoms. The molecule has 0 saturated heterocycles. The monoisotopic (exact) mass is 281 g/mol. The third kappa shape index (κ3) is 2.24. The molecule has 0 radical (unpaired) electrons. The van der Waals surface area contributed by atoms with Crippen molar-refractivity contribution in [2.45, 2.75) is 18.7 Å². The fourth-order valence-corrected chi connectivity index (χ4v) is 2.62. The lowest BCUT2D eigenvalue weighted by atomic mass is 10.00. The lowest BCUT2D eigenvalue weighted by Crippen LogP contribution is -2.01. The van der Waals surface area contributed by atoms with Crippen LogP contribution < -0.4 is 5.32 Å². The highest BCUT2D eigenvalue weighted by atomic mass is 32.2. The number of benzene rings is 2. The summed E-state index contributed by atoms with van der Waals surface area (Å²) < 4.78 is 31.6. The molecule has 2 rings (SSSR count). The number of fused-ring (bicyclic) bond motifs is 1. The van der Waals surface area contributed by atoms with Gasteiger partial charge in [-0.3, -0.25) is 4.55 Å². The number of nitrogens with one attached hydrogen (secondary N) is 1. The normalized spacial score (nSPS) is 11.8. The zero-order valence-electron chi connectivity index (χ0n) is 10.9. The van der Waals surface area contributed by atoms with E-state index in [1.807, 2.05) is 6.92 Å². The summed E-state index contributed by atoms with van der Waals surface area (Å²) in [5.74, 6) is 0.112. The second-order valence-corrected chi connectivity index (χ2v) is 5.88. The fraction of sp³-hybridized carbons (Fsp3) is 0.231. The molecule has 0 aliphatic rings. The first-order valence-corrected chi connectivity index (χ1v) is 7.12. The summed E-state index contributed by atoms with van der Waals surface area (Å²) in [6.07, 6.45) is 0. The first kappa shape index (κ1) is 13.6. The van der Waals surface area contributed by atoms with Gasteiger partial charge in [0.05, 0.1) is 4.90 Å². The molecule has 0 amide bonds. The van der Waals surface area contributed by atoms with E-state index in [0.717, 1.165) is 11.1 Å². The summed E-state index contributed by atoms with van der Waals surface area (Å²) in [7, 11) is -2.66. The van der Waals surface area contributed by atoms with Gasteiger partial charge in [-0.25, -0.2) is 0 Å². The highest BCUT2D eigenvalue weighted by Gasteiger charge is 2.16. The van der Waals surface area contributed by atoms with Crippen molar-refractivity contribution in [2.24, 2.45) is 0 Å². The molecule has 0 fully saturated rings. The predicted octanol–water partition coefficient (Wildman–Crippen LogP) is 2.45. The van der Waals surface area contributed by atoms with Gasteiger partial charge in [0.1, 0.15) is 5.75 Å². The Balaban J connectivity index is 2.97. The number of anilines is 1. The van der Waals surface area contributed by atoms with Crippen LogP contribution in [0.5, 0.6) is 5.75 Å². The topological polar surface area (TPSA) is 86.6 Å². The Morgan fingerprint density at radius 1 is 1.16 bits per heavy atom. The Morgan fingerprint density at radius 2 is 1.79 bits per heavy atom. The molecule has 19 heavy (non-hydrogen) atoms. The van der Waals surface area contributed by atoms with Crippen LogP contribution in [0, 0.1) is 13.8 Å². The quantitative estimate of drug-likeness (QED) is 0.736. The number of phenols is 1. The molecule has 3 N–H and O–H groups in total. The molecule has 0 bridgehead atoms. The standard InChI is InChI=1S/C13H15NO4S/c1-7-4-9-5-10(19(16,17)18)6-11(14-3)12(9)13(15)8(7)2/h4-6,14-15H,1-3H3,(H,16,17,18). The Morgan fingerprint density at radius 3 is 2.32 bits per heavy atom. The van der Waals surface area contributed by atoms with E-state index in [9.17, 15) is 13.5 Å². The average Bonchev–Trinajstić information content (AvgIpc) is 2.33. The van der Waals surface area contributed by atoms with Crippen molar-refractivity contribution >= 4 is 26.6 Å². The third-order valence-corrected chi connectivity index (χ3v) is 4.10. The molecular formula is C13H15NO4S. The molecule has 102 valence electrons. The molecule has 0 aliphatic heterocycles. The second kappa shape index (κ2) is 4.40. The van der Waals surface area contributed by atoms with E-state index in [-0.39, 0.29) is 10.6 Å². The van der Waals surface area contributed by atoms with Crippen molar-refractivity contribution in [2.75, 3.05) is 12.4 Å². The lowest BCUT2D eigenvalue weighted by Gasteiger charge is -2.13. The van der Waals surface area contributed by atoms with Gasteiger partial charge in [0, 0.05) is 18.1 Å². The molecule has 0 spiro atoms. The van der Waals surface area contributed by atoms with E-state index in [1.54, 1.807) is 20.0 Å². The summed E-state index contributed by atoms with van der Waals surface area (Å²) in [6, 6.07) is 4.42. The minimum absolute atomic E-state index is 0.112. The minimum atomic E-state index is -4.28. The van der Waals surface area contributed by atoms with Crippen LogP contribution in [-0.4, -0.2) is 25.1 Å². The Bertz CT molecular complexity index is 766. The van der Waals surface area contributed by atoms with Gasteiger partial charge in [-0.15, -0.1) is 0 Å². The van der Waals surface area contributed by atoms with E-state index >= 15 is 0 Å². The van der Waals surface area contributed by atoms with E-state index in [2.05, 4.69) is 5.32 Å². The van der Waals surface area contributed by atoms with Crippen molar-refractivity contribution in [1.82, 2.24) is 0 Å². The fourth-order valence-electron chi connectivity index (χ4n) is 2.08. The van der Waals surface area contributed by atoms with Gasteiger partial charge >= 0.3 is 0 Å². The summed E-state index contributed by atoms with van der Waals surface area (Å²) >= 11 is 0. The van der Waals surface area contributed by atoms with Crippen molar-refractivity contribution in [3.63, 3.8) is 0 Å². The van der Waals surface area contributed by atoms with Crippen LogP contribution in [0.2, 0.25) is 0 Å². The van der Waals surface area contributed by atoms with Crippen molar-refractivity contribution in [3.05, 3.63) is 29.3 Å². The molecule has 2 aromatic carbocycles. The Hall–Kier alpha value is -1.79. The number of hydrogen-bond acceptors (Lipinski definition) is 4. The smallest absolute Gasteiger partial charge is 0.294 e. The van der Waals surface area contributed by atoms with Crippen molar-refractivity contribution in [3.8, 4) is 5.75 Å². The zero-order valence-corrected chi connectivity index (χ0v) is 11.7. The molecular weight excluding hydrogens is 266 g/mol. The summed E-state index contributed by atoms with van der Waals surface area (Å²) in [5, 5.41) is 14.1. The maximum absolute atomic E-state index is 11.2. The van der Waals surface area contributed by atoms with Crippen LogP contribution in [0.3, 0.4) is 0 Å². The first-order valence-electron chi connectivity index (χ1n) is 5.68. The Kier molecular flexibility index (Phi) is 3.15. The average molecular weight is 281 g/mol. The maximum Gasteiger partial charge on any atom is 0.294 e. The molecule has 0 aromatic heterocycles. The first-order chi connectivity index (χ1) is 8.75. The van der Waals surface area contributed by atoms with Crippen LogP contribution in [-0.2, 0) is 10.1 Å². The van der Waals surface area contributed by atoms with Gasteiger partial charge in [0.2, 0.25) is 0 Å². The molecule has 0 heterocycles. The second-order valence-electron chi connectivity index (χ2n) is 4.46. The van der Waals surface area contributed by atoms with E-state index in [4.69, 9.17) is 4.55 Å². The minimum Gasteiger partial charge on any atom is -0.507 e. The van der Waals surface area contributed by atoms with Crippen LogP contribution in [0.15, 0.2) is 23.1 Å². The van der Waals surface area contributed by atoms with Crippen LogP contribution in [0.25, 0.3) is 10.8 Å². The zero-order chi connectivity index (χ0) is 14.4. The highest BCUT2D eigenvalue weighted by Crippen LogP contribution is 2.37. The number of phenolic OH excluding ortho intramolecular Hbond substituents is 1. The number of aromatic hydroxyl groups is 1. The largest absolute Gasteiger partial charge is 0.507 e. The third-order valence-electron chi connectivity index (χ3n) is 3.27. The van der Waals surface area contributed by atoms with Crippen LogP contribution in [0.4, 0.5) is 5.69 Å². The van der Waals surface area contributed by atoms with Crippen molar-refractivity contribution < 1.29 is 18.1 Å².